The van der Waals surface area contributed by atoms with Crippen LogP contribution in [0, 0.1) is 12.3 Å². The Hall–Kier alpha value is -0.870. The normalized spacial score (nSPS) is 27.2. The van der Waals surface area contributed by atoms with Gasteiger partial charge in [0.1, 0.15) is 0 Å². The minimum absolute atomic E-state index is 0.0308. The van der Waals surface area contributed by atoms with E-state index in [9.17, 15) is 4.79 Å². The number of hydrogen-bond donors (Lipinski definition) is 2. The number of nitrogens with two attached hydrogens (primary N) is 1. The van der Waals surface area contributed by atoms with Gasteiger partial charge in [-0.1, -0.05) is 28.4 Å². The molecule has 3 N–H and O–H groups in total. The van der Waals surface area contributed by atoms with Crippen LogP contribution in [0.5, 0.6) is 0 Å². The molecular formula is C14H19BrN2O. The Kier molecular flexibility index (Phi) is 3.78. The second-order valence-electron chi connectivity index (χ2n) is 5.33. The molecule has 1 aliphatic rings. The third kappa shape index (κ3) is 2.45. The lowest BCUT2D eigenvalue weighted by molar-refractivity contribution is -0.125. The van der Waals surface area contributed by atoms with E-state index in [2.05, 4.69) is 21.2 Å². The number of nitrogens with one attached hydrogen (secondary N) is 1. The largest absolute Gasteiger partial charge is 0.327 e. The number of carbonyl (C=O) groups excluding carboxylic acids is 1. The van der Waals surface area contributed by atoms with Gasteiger partial charge in [-0.2, -0.15) is 0 Å². The van der Waals surface area contributed by atoms with Gasteiger partial charge in [-0.25, -0.2) is 0 Å². The number of halogens is 1. The summed E-state index contributed by atoms with van der Waals surface area (Å²) in [6.45, 7) is 3.98. The fraction of sp³-hybridized carbons (Fsp3) is 0.500. The molecular weight excluding hydrogens is 292 g/mol. The highest BCUT2D eigenvalue weighted by molar-refractivity contribution is 9.10. The molecule has 1 amide bonds. The van der Waals surface area contributed by atoms with Gasteiger partial charge in [-0.15, -0.1) is 0 Å². The third-order valence-corrected chi connectivity index (χ3v) is 4.83. The second-order valence-corrected chi connectivity index (χ2v) is 6.19. The van der Waals surface area contributed by atoms with E-state index >= 15 is 0 Å². The van der Waals surface area contributed by atoms with Crippen LogP contribution in [0.2, 0.25) is 0 Å². The van der Waals surface area contributed by atoms with Crippen molar-refractivity contribution in [2.24, 2.45) is 11.1 Å². The second kappa shape index (κ2) is 5.02. The van der Waals surface area contributed by atoms with E-state index in [1.165, 1.54) is 0 Å². The van der Waals surface area contributed by atoms with Crippen molar-refractivity contribution in [2.75, 3.05) is 5.32 Å². The fourth-order valence-corrected chi connectivity index (χ4v) is 2.80. The number of carbonyl (C=O) groups is 1. The highest BCUT2D eigenvalue weighted by Crippen LogP contribution is 2.37. The molecule has 1 saturated carbocycles. The maximum atomic E-state index is 12.3. The quantitative estimate of drug-likeness (QED) is 0.881. The molecule has 4 heteroatoms. The van der Waals surface area contributed by atoms with Crippen molar-refractivity contribution in [1.29, 1.82) is 0 Å². The lowest BCUT2D eigenvalue weighted by atomic mass is 9.84. The highest BCUT2D eigenvalue weighted by Gasteiger charge is 2.42. The van der Waals surface area contributed by atoms with E-state index < -0.39 is 5.41 Å². The molecule has 1 aliphatic carbocycles. The summed E-state index contributed by atoms with van der Waals surface area (Å²) >= 11 is 3.47. The average Bonchev–Trinajstić information content (AvgIpc) is 2.66. The van der Waals surface area contributed by atoms with Crippen LogP contribution in [0.4, 0.5) is 5.69 Å². The van der Waals surface area contributed by atoms with Crippen LogP contribution < -0.4 is 11.1 Å². The molecule has 0 aromatic heterocycles. The first-order valence-corrected chi connectivity index (χ1v) is 7.06. The summed E-state index contributed by atoms with van der Waals surface area (Å²) in [4.78, 5) is 12.3. The summed E-state index contributed by atoms with van der Waals surface area (Å²) in [5.74, 6) is 0.0308. The summed E-state index contributed by atoms with van der Waals surface area (Å²) in [6, 6.07) is 5.79. The van der Waals surface area contributed by atoms with Crippen molar-refractivity contribution in [3.63, 3.8) is 0 Å². The minimum atomic E-state index is -0.433. The maximum Gasteiger partial charge on any atom is 0.231 e. The van der Waals surface area contributed by atoms with Gasteiger partial charge in [0, 0.05) is 16.2 Å². The Morgan fingerprint density at radius 1 is 1.56 bits per heavy atom. The zero-order valence-electron chi connectivity index (χ0n) is 10.8. The molecule has 1 fully saturated rings. The Labute approximate surface area is 116 Å². The fourth-order valence-electron chi connectivity index (χ4n) is 2.42. The first-order valence-electron chi connectivity index (χ1n) is 6.26. The molecule has 0 aliphatic heterocycles. The molecule has 0 heterocycles. The average molecular weight is 311 g/mol. The van der Waals surface area contributed by atoms with E-state index in [-0.39, 0.29) is 11.9 Å². The van der Waals surface area contributed by atoms with Gasteiger partial charge >= 0.3 is 0 Å². The summed E-state index contributed by atoms with van der Waals surface area (Å²) in [5.41, 5.74) is 7.59. The van der Waals surface area contributed by atoms with E-state index in [4.69, 9.17) is 5.73 Å². The zero-order chi connectivity index (χ0) is 13.3. The van der Waals surface area contributed by atoms with E-state index in [0.717, 1.165) is 35.0 Å². The van der Waals surface area contributed by atoms with Gasteiger partial charge in [0.15, 0.2) is 0 Å². The predicted octanol–water partition coefficient (Wildman–Crippen LogP) is 3.21. The molecule has 0 saturated heterocycles. The van der Waals surface area contributed by atoms with Crippen molar-refractivity contribution < 1.29 is 4.79 Å². The molecule has 1 aromatic carbocycles. The van der Waals surface area contributed by atoms with Gasteiger partial charge in [0.2, 0.25) is 5.91 Å². The molecule has 0 bridgehead atoms. The van der Waals surface area contributed by atoms with Crippen LogP contribution >= 0.6 is 15.9 Å². The van der Waals surface area contributed by atoms with Crippen molar-refractivity contribution in [2.45, 2.75) is 39.2 Å². The third-order valence-electron chi connectivity index (χ3n) is 3.98. The lowest BCUT2D eigenvalue weighted by Gasteiger charge is -2.27. The first kappa shape index (κ1) is 13.6. The van der Waals surface area contributed by atoms with Crippen molar-refractivity contribution >= 4 is 27.5 Å². The lowest BCUT2D eigenvalue weighted by Crippen LogP contribution is -2.44. The molecule has 2 unspecified atom stereocenters. The number of hydrogen-bond acceptors (Lipinski definition) is 2. The minimum Gasteiger partial charge on any atom is -0.327 e. The first-order chi connectivity index (χ1) is 8.43. The van der Waals surface area contributed by atoms with Crippen LogP contribution in [-0.4, -0.2) is 11.9 Å². The molecule has 98 valence electrons. The molecule has 18 heavy (non-hydrogen) atoms. The number of anilines is 1. The molecule has 0 spiro atoms. The van der Waals surface area contributed by atoms with E-state index in [1.54, 1.807) is 0 Å². The topological polar surface area (TPSA) is 55.1 Å². The summed E-state index contributed by atoms with van der Waals surface area (Å²) in [7, 11) is 0. The highest BCUT2D eigenvalue weighted by atomic mass is 79.9. The molecule has 1 aromatic rings. The Morgan fingerprint density at radius 2 is 2.28 bits per heavy atom. The van der Waals surface area contributed by atoms with Gasteiger partial charge < -0.3 is 11.1 Å². The standard InChI is InChI=1S/C14H19BrN2O/c1-9-5-6-10(8-11(9)15)17-13(18)14(2)7-3-4-12(14)16/h5-6,8,12H,3-4,7,16H2,1-2H3,(H,17,18). The smallest absolute Gasteiger partial charge is 0.231 e. The van der Waals surface area contributed by atoms with E-state index in [0.29, 0.717) is 0 Å². The van der Waals surface area contributed by atoms with Gasteiger partial charge in [0.25, 0.3) is 0 Å². The Morgan fingerprint density at radius 3 is 2.83 bits per heavy atom. The summed E-state index contributed by atoms with van der Waals surface area (Å²) < 4.78 is 1.00. The predicted molar refractivity (Wildman–Crippen MR) is 77.4 cm³/mol. The zero-order valence-corrected chi connectivity index (χ0v) is 12.4. The van der Waals surface area contributed by atoms with Crippen LogP contribution in [0.25, 0.3) is 0 Å². The Bertz CT molecular complexity index is 475. The van der Waals surface area contributed by atoms with Gasteiger partial charge in [-0.05, 0) is 44.4 Å². The maximum absolute atomic E-state index is 12.3. The number of benzene rings is 1. The summed E-state index contributed by atoms with van der Waals surface area (Å²) in [6.07, 6.45) is 2.83. The van der Waals surface area contributed by atoms with Crippen LogP contribution in [0.1, 0.15) is 31.7 Å². The monoisotopic (exact) mass is 310 g/mol. The van der Waals surface area contributed by atoms with Crippen LogP contribution in [0.15, 0.2) is 22.7 Å². The van der Waals surface area contributed by atoms with Crippen LogP contribution in [-0.2, 0) is 4.79 Å². The Balaban J connectivity index is 2.14. The van der Waals surface area contributed by atoms with Crippen molar-refractivity contribution in [1.82, 2.24) is 0 Å². The molecule has 0 radical (unpaired) electrons. The number of aryl methyl sites for hydroxylation is 1. The summed E-state index contributed by atoms with van der Waals surface area (Å²) in [5, 5.41) is 2.97. The molecule has 3 nitrogen and oxygen atoms in total. The van der Waals surface area contributed by atoms with Crippen molar-refractivity contribution in [3.8, 4) is 0 Å². The molecule has 2 rings (SSSR count). The molecule has 2 atom stereocenters. The van der Waals surface area contributed by atoms with Crippen molar-refractivity contribution in [3.05, 3.63) is 28.2 Å². The van der Waals surface area contributed by atoms with Gasteiger partial charge in [-0.3, -0.25) is 4.79 Å². The van der Waals surface area contributed by atoms with Gasteiger partial charge in [0.05, 0.1) is 5.41 Å². The number of amides is 1. The van der Waals surface area contributed by atoms with Crippen LogP contribution in [0.3, 0.4) is 0 Å². The van der Waals surface area contributed by atoms with E-state index in [1.807, 2.05) is 32.0 Å². The SMILES string of the molecule is Cc1ccc(NC(=O)C2(C)CCCC2N)cc1Br. The number of rotatable bonds is 2.